The van der Waals surface area contributed by atoms with E-state index in [0.717, 1.165) is 26.9 Å². The van der Waals surface area contributed by atoms with Gasteiger partial charge >= 0.3 is 0 Å². The monoisotopic (exact) mass is 470 g/mol. The molecule has 29 heavy (non-hydrogen) atoms. The molecule has 4 nitrogen and oxygen atoms in total. The molecule has 0 aliphatic rings. The standard InChI is InChI=1S/C22H16BrFN2O2S/c1-2-18-19(14-3-7-15(23)8-4-14)20-21(29-18)25-12-26(22(20)28)11-17(27)13-5-9-16(24)10-6-13/h3-10,12H,2,11H2,1H3. The first-order chi connectivity index (χ1) is 14.0. The molecule has 0 spiro atoms. The van der Waals surface area contributed by atoms with Gasteiger partial charge in [-0.05, 0) is 48.4 Å². The summed E-state index contributed by atoms with van der Waals surface area (Å²) in [6.07, 6.45) is 2.19. The molecule has 0 N–H and O–H groups in total. The Bertz CT molecular complexity index is 1260. The number of thiophene rings is 1. The number of halogens is 2. The van der Waals surface area contributed by atoms with Gasteiger partial charge in [0.05, 0.1) is 18.3 Å². The summed E-state index contributed by atoms with van der Waals surface area (Å²) >= 11 is 4.94. The van der Waals surface area contributed by atoms with E-state index in [1.807, 2.05) is 31.2 Å². The average Bonchev–Trinajstić information content (AvgIpc) is 3.10. The zero-order valence-electron chi connectivity index (χ0n) is 15.5. The van der Waals surface area contributed by atoms with Crippen LogP contribution in [0, 0.1) is 5.82 Å². The number of aromatic nitrogens is 2. The molecule has 0 radical (unpaired) electrons. The fourth-order valence-corrected chi connectivity index (χ4v) is 4.59. The number of Topliss-reactive ketones (excluding diaryl/α,β-unsaturated/α-hetero) is 1. The van der Waals surface area contributed by atoms with Crippen molar-refractivity contribution in [1.82, 2.24) is 9.55 Å². The van der Waals surface area contributed by atoms with Crippen molar-refractivity contribution in [1.29, 1.82) is 0 Å². The number of hydrogen-bond donors (Lipinski definition) is 0. The van der Waals surface area contributed by atoms with Crippen molar-refractivity contribution in [2.45, 2.75) is 19.9 Å². The number of aryl methyl sites for hydroxylation is 1. The van der Waals surface area contributed by atoms with E-state index < -0.39 is 5.82 Å². The molecular weight excluding hydrogens is 455 g/mol. The van der Waals surface area contributed by atoms with Crippen molar-refractivity contribution in [3.8, 4) is 11.1 Å². The minimum absolute atomic E-state index is 0.148. The number of nitrogens with zero attached hydrogens (tertiary/aromatic N) is 2. The van der Waals surface area contributed by atoms with Gasteiger partial charge in [0.2, 0.25) is 0 Å². The Kier molecular flexibility index (Phi) is 5.43. The zero-order valence-corrected chi connectivity index (χ0v) is 17.9. The Morgan fingerprint density at radius 3 is 2.48 bits per heavy atom. The van der Waals surface area contributed by atoms with Crippen LogP contribution in [-0.2, 0) is 13.0 Å². The van der Waals surface area contributed by atoms with Crippen LogP contribution in [0.3, 0.4) is 0 Å². The van der Waals surface area contributed by atoms with Crippen LogP contribution in [-0.4, -0.2) is 15.3 Å². The Balaban J connectivity index is 1.81. The summed E-state index contributed by atoms with van der Waals surface area (Å²) in [6.45, 7) is 1.90. The minimum atomic E-state index is -0.411. The van der Waals surface area contributed by atoms with Gasteiger partial charge < -0.3 is 0 Å². The molecule has 2 heterocycles. The summed E-state index contributed by atoms with van der Waals surface area (Å²) in [5, 5.41) is 0.531. The highest BCUT2D eigenvalue weighted by Crippen LogP contribution is 2.36. The van der Waals surface area contributed by atoms with Crippen molar-refractivity contribution in [3.05, 3.63) is 85.9 Å². The predicted molar refractivity (Wildman–Crippen MR) is 117 cm³/mol. The third kappa shape index (κ3) is 3.80. The van der Waals surface area contributed by atoms with Crippen molar-refractivity contribution in [2.75, 3.05) is 0 Å². The summed E-state index contributed by atoms with van der Waals surface area (Å²) in [4.78, 5) is 32.0. The van der Waals surface area contributed by atoms with Gasteiger partial charge in [0.1, 0.15) is 10.6 Å². The van der Waals surface area contributed by atoms with Crippen LogP contribution in [0.2, 0.25) is 0 Å². The Morgan fingerprint density at radius 1 is 1.14 bits per heavy atom. The lowest BCUT2D eigenvalue weighted by Gasteiger charge is -2.07. The lowest BCUT2D eigenvalue weighted by atomic mass is 10.0. The van der Waals surface area contributed by atoms with E-state index in [1.54, 1.807) is 0 Å². The molecule has 0 aliphatic carbocycles. The van der Waals surface area contributed by atoms with Crippen LogP contribution >= 0.6 is 27.3 Å². The summed E-state index contributed by atoms with van der Waals surface area (Å²) in [7, 11) is 0. The molecule has 0 saturated carbocycles. The second kappa shape index (κ2) is 8.00. The van der Waals surface area contributed by atoms with Crippen LogP contribution in [0.4, 0.5) is 4.39 Å². The Morgan fingerprint density at radius 2 is 1.83 bits per heavy atom. The molecule has 0 unspecified atom stereocenters. The predicted octanol–water partition coefficient (Wildman–Crippen LogP) is 5.47. The number of fused-ring (bicyclic) bond motifs is 1. The molecule has 0 atom stereocenters. The number of hydrogen-bond acceptors (Lipinski definition) is 4. The lowest BCUT2D eigenvalue weighted by Crippen LogP contribution is -2.24. The third-order valence-corrected chi connectivity index (χ3v) is 6.46. The van der Waals surface area contributed by atoms with Crippen LogP contribution in [0.1, 0.15) is 22.2 Å². The molecule has 0 amide bonds. The summed E-state index contributed by atoms with van der Waals surface area (Å²) in [5.74, 6) is -0.685. The smallest absolute Gasteiger partial charge is 0.263 e. The first kappa shape index (κ1) is 19.7. The van der Waals surface area contributed by atoms with Crippen molar-refractivity contribution in [3.63, 3.8) is 0 Å². The van der Waals surface area contributed by atoms with E-state index in [9.17, 15) is 14.0 Å². The molecule has 0 bridgehead atoms. The second-order valence-corrected chi connectivity index (χ2v) is 8.55. The fourth-order valence-electron chi connectivity index (χ4n) is 3.24. The molecule has 2 aromatic carbocycles. The van der Waals surface area contributed by atoms with Gasteiger partial charge in [0.15, 0.2) is 5.78 Å². The van der Waals surface area contributed by atoms with Gasteiger partial charge in [-0.2, -0.15) is 0 Å². The Hall–Kier alpha value is -2.64. The number of carbonyl (C=O) groups excluding carboxylic acids is 1. The first-order valence-corrected chi connectivity index (χ1v) is 10.6. The average molecular weight is 471 g/mol. The van der Waals surface area contributed by atoms with Gasteiger partial charge in [0.25, 0.3) is 5.56 Å². The lowest BCUT2D eigenvalue weighted by molar-refractivity contribution is 0.0970. The zero-order chi connectivity index (χ0) is 20.5. The summed E-state index contributed by atoms with van der Waals surface area (Å²) < 4.78 is 15.4. The molecule has 146 valence electrons. The molecule has 7 heteroatoms. The topological polar surface area (TPSA) is 52.0 Å². The largest absolute Gasteiger partial charge is 0.292 e. The van der Waals surface area contributed by atoms with Crippen molar-refractivity contribution in [2.24, 2.45) is 0 Å². The van der Waals surface area contributed by atoms with Crippen molar-refractivity contribution < 1.29 is 9.18 Å². The van der Waals surface area contributed by atoms with Crippen LogP contribution in [0.15, 0.2) is 64.1 Å². The number of carbonyl (C=O) groups is 1. The summed E-state index contributed by atoms with van der Waals surface area (Å²) in [5.41, 5.74) is 1.92. The molecule has 4 rings (SSSR count). The number of rotatable bonds is 5. The first-order valence-electron chi connectivity index (χ1n) is 9.03. The molecular formula is C22H16BrFN2O2S. The SMILES string of the molecule is CCc1sc2ncn(CC(=O)c3ccc(F)cc3)c(=O)c2c1-c1ccc(Br)cc1. The van der Waals surface area contributed by atoms with Gasteiger partial charge in [0, 0.05) is 20.5 Å². The highest BCUT2D eigenvalue weighted by molar-refractivity contribution is 9.10. The normalized spacial score (nSPS) is 11.1. The molecule has 0 aliphatic heterocycles. The van der Waals surface area contributed by atoms with E-state index in [4.69, 9.17) is 0 Å². The highest BCUT2D eigenvalue weighted by atomic mass is 79.9. The highest BCUT2D eigenvalue weighted by Gasteiger charge is 2.19. The van der Waals surface area contributed by atoms with Crippen LogP contribution < -0.4 is 5.56 Å². The van der Waals surface area contributed by atoms with E-state index >= 15 is 0 Å². The summed E-state index contributed by atoms with van der Waals surface area (Å²) in [6, 6.07) is 13.1. The van der Waals surface area contributed by atoms with Gasteiger partial charge in [-0.15, -0.1) is 11.3 Å². The van der Waals surface area contributed by atoms with Crippen LogP contribution in [0.25, 0.3) is 21.3 Å². The molecule has 4 aromatic rings. The fraction of sp³-hybridized carbons (Fsp3) is 0.136. The van der Waals surface area contributed by atoms with Gasteiger partial charge in [-0.3, -0.25) is 14.2 Å². The maximum Gasteiger partial charge on any atom is 0.263 e. The van der Waals surface area contributed by atoms with Gasteiger partial charge in [-0.25, -0.2) is 9.37 Å². The third-order valence-electron chi connectivity index (χ3n) is 4.69. The Labute approximate surface area is 178 Å². The number of benzene rings is 2. The van der Waals surface area contributed by atoms with E-state index in [0.29, 0.717) is 15.8 Å². The van der Waals surface area contributed by atoms with E-state index in [-0.39, 0.29) is 17.9 Å². The minimum Gasteiger partial charge on any atom is -0.292 e. The second-order valence-electron chi connectivity index (χ2n) is 6.55. The molecule has 0 saturated heterocycles. The van der Waals surface area contributed by atoms with Crippen LogP contribution in [0.5, 0.6) is 0 Å². The molecule has 2 aromatic heterocycles. The van der Waals surface area contributed by atoms with Crippen molar-refractivity contribution >= 4 is 43.3 Å². The number of ketones is 1. The molecule has 0 fully saturated rings. The van der Waals surface area contributed by atoms with Gasteiger partial charge in [-0.1, -0.05) is 35.0 Å². The maximum atomic E-state index is 13.2. The van der Waals surface area contributed by atoms with E-state index in [2.05, 4.69) is 20.9 Å². The maximum absolute atomic E-state index is 13.2. The van der Waals surface area contributed by atoms with E-state index in [1.165, 1.54) is 46.5 Å². The quantitative estimate of drug-likeness (QED) is 0.363.